The first kappa shape index (κ1) is 21.5. The second kappa shape index (κ2) is 7.92. The molecule has 0 unspecified atom stereocenters. The smallest absolute Gasteiger partial charge is 0.322 e. The average molecular weight is 438 g/mol. The van der Waals surface area contributed by atoms with Crippen molar-refractivity contribution in [1.82, 2.24) is 14.5 Å². The molecule has 0 aliphatic carbocycles. The van der Waals surface area contributed by atoms with Crippen LogP contribution in [0.15, 0.2) is 59.5 Å². The lowest BCUT2D eigenvalue weighted by atomic mass is 10.1. The van der Waals surface area contributed by atoms with Crippen molar-refractivity contribution in [2.45, 2.75) is 18.0 Å². The third-order valence-electron chi connectivity index (χ3n) is 4.17. The zero-order chi connectivity index (χ0) is 22.1. The second-order valence-electron chi connectivity index (χ2n) is 6.42. The van der Waals surface area contributed by atoms with E-state index in [0.29, 0.717) is 5.56 Å². The number of amides is 1. The maximum Gasteiger partial charge on any atom is 0.435 e. The Hall–Kier alpha value is -3.18. The number of hydrogen-bond acceptors (Lipinski definition) is 5. The van der Waals surface area contributed by atoms with Crippen LogP contribution in [0.1, 0.15) is 11.3 Å². The van der Waals surface area contributed by atoms with Gasteiger partial charge in [-0.3, -0.25) is 4.79 Å². The van der Waals surface area contributed by atoms with Crippen LogP contribution in [0.25, 0.3) is 16.9 Å². The Morgan fingerprint density at radius 3 is 2.23 bits per heavy atom. The minimum Gasteiger partial charge on any atom is -0.322 e. The predicted octanol–water partition coefficient (Wildman–Crippen LogP) is 2.63. The first-order valence-corrected chi connectivity index (χ1v) is 10.1. The van der Waals surface area contributed by atoms with Crippen LogP contribution in [0.2, 0.25) is 0 Å². The molecule has 0 aliphatic rings. The van der Waals surface area contributed by atoms with Gasteiger partial charge in [-0.2, -0.15) is 18.3 Å². The summed E-state index contributed by atoms with van der Waals surface area (Å²) < 4.78 is 66.9. The fourth-order valence-corrected chi connectivity index (χ4v) is 3.66. The Bertz CT molecular complexity index is 1170. The fraction of sp³-hybridized carbons (Fsp3) is 0.158. The molecule has 1 aromatic heterocycles. The Morgan fingerprint density at radius 2 is 1.70 bits per heavy atom. The quantitative estimate of drug-likeness (QED) is 0.637. The topological polar surface area (TPSA) is 107 Å². The van der Waals surface area contributed by atoms with Gasteiger partial charge in [0.15, 0.2) is 5.69 Å². The van der Waals surface area contributed by atoms with E-state index >= 15 is 0 Å². The van der Waals surface area contributed by atoms with Crippen molar-refractivity contribution in [3.63, 3.8) is 0 Å². The number of halogens is 3. The van der Waals surface area contributed by atoms with Gasteiger partial charge in [-0.25, -0.2) is 17.8 Å². The summed E-state index contributed by atoms with van der Waals surface area (Å²) >= 11 is 0. The Kier molecular flexibility index (Phi) is 5.68. The molecular weight excluding hydrogens is 421 g/mol. The molecule has 3 rings (SSSR count). The SMILES string of the molecule is Cc1ccc(-c2cc(C(F)(F)F)nn2-c2ccc(S(=O)(=O)NC(=O)CN)cc2)cc1. The van der Waals surface area contributed by atoms with E-state index in [9.17, 15) is 26.4 Å². The summed E-state index contributed by atoms with van der Waals surface area (Å²) in [6.45, 7) is 1.34. The number of nitrogens with one attached hydrogen (secondary N) is 1. The number of benzene rings is 2. The number of nitrogens with two attached hydrogens (primary N) is 1. The van der Waals surface area contributed by atoms with Crippen molar-refractivity contribution in [1.29, 1.82) is 0 Å². The minimum absolute atomic E-state index is 0.189. The van der Waals surface area contributed by atoms with Crippen molar-refractivity contribution < 1.29 is 26.4 Å². The molecule has 0 saturated heterocycles. The molecule has 7 nitrogen and oxygen atoms in total. The lowest BCUT2D eigenvalue weighted by molar-refractivity contribution is -0.141. The zero-order valence-electron chi connectivity index (χ0n) is 15.6. The highest BCUT2D eigenvalue weighted by molar-refractivity contribution is 7.90. The van der Waals surface area contributed by atoms with Gasteiger partial charge < -0.3 is 5.73 Å². The standard InChI is InChI=1S/C19H17F3N4O3S/c1-12-2-4-13(5-3-12)16-10-17(19(20,21)22)24-26(16)14-6-8-15(9-7-14)30(28,29)25-18(27)11-23/h2-10H,11,23H2,1H3,(H,25,27). The molecule has 0 radical (unpaired) electrons. The zero-order valence-corrected chi connectivity index (χ0v) is 16.5. The van der Waals surface area contributed by atoms with Crippen LogP contribution in [-0.4, -0.2) is 30.7 Å². The number of aryl methyl sites for hydroxylation is 1. The molecule has 11 heteroatoms. The molecule has 3 aromatic rings. The van der Waals surface area contributed by atoms with Gasteiger partial charge >= 0.3 is 6.18 Å². The molecule has 0 saturated carbocycles. The molecule has 158 valence electrons. The van der Waals surface area contributed by atoms with Crippen LogP contribution >= 0.6 is 0 Å². The summed E-state index contributed by atoms with van der Waals surface area (Å²) in [6.07, 6.45) is -4.65. The lowest BCUT2D eigenvalue weighted by Gasteiger charge is -2.10. The highest BCUT2D eigenvalue weighted by atomic mass is 32.2. The molecule has 1 heterocycles. The van der Waals surface area contributed by atoms with E-state index in [0.717, 1.165) is 28.4 Å². The van der Waals surface area contributed by atoms with E-state index in [-0.39, 0.29) is 16.3 Å². The molecule has 3 N–H and O–H groups in total. The molecule has 0 aliphatic heterocycles. The van der Waals surface area contributed by atoms with E-state index in [1.165, 1.54) is 12.1 Å². The van der Waals surface area contributed by atoms with Gasteiger partial charge in [0.2, 0.25) is 5.91 Å². The molecule has 1 amide bonds. The number of rotatable bonds is 5. The second-order valence-corrected chi connectivity index (χ2v) is 8.10. The first-order valence-electron chi connectivity index (χ1n) is 8.62. The third-order valence-corrected chi connectivity index (χ3v) is 5.56. The van der Waals surface area contributed by atoms with Gasteiger partial charge in [-0.15, -0.1) is 0 Å². The van der Waals surface area contributed by atoms with Crippen LogP contribution in [0.4, 0.5) is 13.2 Å². The lowest BCUT2D eigenvalue weighted by Crippen LogP contribution is -2.35. The molecule has 0 bridgehead atoms. The van der Waals surface area contributed by atoms with Crippen LogP contribution in [-0.2, 0) is 21.0 Å². The maximum atomic E-state index is 13.2. The van der Waals surface area contributed by atoms with Gasteiger partial charge in [0.25, 0.3) is 10.0 Å². The Labute approximate surface area is 170 Å². The van der Waals surface area contributed by atoms with Gasteiger partial charge in [-0.1, -0.05) is 29.8 Å². The highest BCUT2D eigenvalue weighted by Gasteiger charge is 2.35. The number of aromatic nitrogens is 2. The van der Waals surface area contributed by atoms with Crippen LogP contribution in [0.5, 0.6) is 0 Å². The van der Waals surface area contributed by atoms with Crippen LogP contribution in [0.3, 0.4) is 0 Å². The first-order chi connectivity index (χ1) is 14.0. The monoisotopic (exact) mass is 438 g/mol. The number of alkyl halides is 3. The van der Waals surface area contributed by atoms with E-state index in [1.54, 1.807) is 29.0 Å². The summed E-state index contributed by atoms with van der Waals surface area (Å²) in [5, 5.41) is 3.66. The molecule has 2 aromatic carbocycles. The summed E-state index contributed by atoms with van der Waals surface area (Å²) in [5.41, 5.74) is 5.87. The van der Waals surface area contributed by atoms with Gasteiger partial charge in [0, 0.05) is 5.56 Å². The van der Waals surface area contributed by atoms with Gasteiger partial charge in [-0.05, 0) is 37.3 Å². The highest BCUT2D eigenvalue weighted by Crippen LogP contribution is 2.33. The summed E-state index contributed by atoms with van der Waals surface area (Å²) in [6, 6.07) is 12.7. The number of nitrogens with zero attached hydrogens (tertiary/aromatic N) is 2. The van der Waals surface area contributed by atoms with Crippen molar-refractivity contribution in [2.75, 3.05) is 6.54 Å². The summed E-state index contributed by atoms with van der Waals surface area (Å²) in [7, 11) is -4.14. The number of carbonyl (C=O) groups excluding carboxylic acids is 1. The molecule has 30 heavy (non-hydrogen) atoms. The minimum atomic E-state index is -4.65. The van der Waals surface area contributed by atoms with E-state index < -0.39 is 34.3 Å². The Balaban J connectivity index is 2.05. The normalized spacial score (nSPS) is 12.0. The van der Waals surface area contributed by atoms with Crippen molar-refractivity contribution in [3.05, 3.63) is 65.9 Å². The summed E-state index contributed by atoms with van der Waals surface area (Å²) in [4.78, 5) is 11.0. The van der Waals surface area contributed by atoms with Crippen molar-refractivity contribution in [2.24, 2.45) is 5.73 Å². The number of hydrogen-bond donors (Lipinski definition) is 2. The molecular formula is C19H17F3N4O3S. The third kappa shape index (κ3) is 4.52. The summed E-state index contributed by atoms with van der Waals surface area (Å²) in [5.74, 6) is -0.886. The molecule has 0 atom stereocenters. The predicted molar refractivity (Wildman–Crippen MR) is 103 cm³/mol. The van der Waals surface area contributed by atoms with Gasteiger partial charge in [0.1, 0.15) is 0 Å². The van der Waals surface area contributed by atoms with E-state index in [1.807, 2.05) is 6.92 Å². The van der Waals surface area contributed by atoms with Crippen molar-refractivity contribution in [3.8, 4) is 16.9 Å². The largest absolute Gasteiger partial charge is 0.435 e. The van der Waals surface area contributed by atoms with Crippen molar-refractivity contribution >= 4 is 15.9 Å². The van der Waals surface area contributed by atoms with Gasteiger partial charge in [0.05, 0.1) is 22.8 Å². The van der Waals surface area contributed by atoms with Crippen LogP contribution < -0.4 is 10.5 Å². The maximum absolute atomic E-state index is 13.2. The number of sulfonamides is 1. The average Bonchev–Trinajstić information content (AvgIpc) is 3.14. The number of carbonyl (C=O) groups is 1. The van der Waals surface area contributed by atoms with E-state index in [4.69, 9.17) is 5.73 Å². The fourth-order valence-electron chi connectivity index (χ4n) is 2.66. The molecule has 0 fully saturated rings. The van der Waals surface area contributed by atoms with E-state index in [2.05, 4.69) is 5.10 Å². The van der Waals surface area contributed by atoms with Crippen LogP contribution in [0, 0.1) is 6.92 Å². The molecule has 0 spiro atoms. The Morgan fingerprint density at radius 1 is 1.10 bits per heavy atom.